The molecule has 2 aliphatic rings. The number of rotatable bonds is 8. The van der Waals surface area contributed by atoms with Gasteiger partial charge in [-0.3, -0.25) is 4.79 Å². The Morgan fingerprint density at radius 1 is 1.16 bits per heavy atom. The average Bonchev–Trinajstić information content (AvgIpc) is 3.24. The van der Waals surface area contributed by atoms with Crippen LogP contribution in [0.1, 0.15) is 32.0 Å². The number of piperidine rings is 1. The molecule has 1 saturated heterocycles. The normalized spacial score (nSPS) is 16.0. The summed E-state index contributed by atoms with van der Waals surface area (Å²) in [7, 11) is 0. The van der Waals surface area contributed by atoms with E-state index < -0.39 is 6.10 Å². The van der Waals surface area contributed by atoms with Gasteiger partial charge < -0.3 is 29.2 Å². The van der Waals surface area contributed by atoms with Gasteiger partial charge in [-0.2, -0.15) is 4.98 Å². The van der Waals surface area contributed by atoms with Crippen molar-refractivity contribution in [2.75, 3.05) is 37.9 Å². The van der Waals surface area contributed by atoms with Crippen molar-refractivity contribution >= 4 is 11.7 Å². The summed E-state index contributed by atoms with van der Waals surface area (Å²) in [6.45, 7) is 6.41. The lowest BCUT2D eigenvalue weighted by atomic mass is 10.1. The van der Waals surface area contributed by atoms with Gasteiger partial charge in [0, 0.05) is 25.2 Å². The second-order valence-corrected chi connectivity index (χ2v) is 7.57. The lowest BCUT2D eigenvalue weighted by Crippen LogP contribution is -2.38. The summed E-state index contributed by atoms with van der Waals surface area (Å²) in [5.41, 5.74) is 0. The molecule has 2 aliphatic heterocycles. The molecule has 1 N–H and O–H groups in total. The molecule has 9 heteroatoms. The highest BCUT2D eigenvalue weighted by atomic mass is 16.7. The molecule has 4 rings (SSSR count). The molecular weight excluding hydrogens is 400 g/mol. The van der Waals surface area contributed by atoms with Crippen molar-refractivity contribution < 1.29 is 23.7 Å². The molecule has 3 heterocycles. The van der Waals surface area contributed by atoms with Gasteiger partial charge in [0.05, 0.1) is 6.54 Å². The molecule has 166 valence electrons. The summed E-state index contributed by atoms with van der Waals surface area (Å²) in [5, 5.41) is 2.82. The zero-order chi connectivity index (χ0) is 21.6. The minimum atomic E-state index is -0.660. The third-order valence-corrected chi connectivity index (χ3v) is 5.16. The van der Waals surface area contributed by atoms with E-state index in [0.717, 1.165) is 18.9 Å². The van der Waals surface area contributed by atoms with Crippen LogP contribution in [0, 0.1) is 6.92 Å². The standard InChI is InChI=1S/C22H28N4O5/c1-15(31-17-6-7-18-19(12-17)30-14-29-18)22(27)23-8-11-28-21-13-20(24-16(2)25-21)26-9-4-3-5-10-26/h6-7,12-13,15H,3-5,8-11,14H2,1-2H3,(H,23,27). The van der Waals surface area contributed by atoms with Crippen LogP contribution in [0.25, 0.3) is 0 Å². The number of carbonyl (C=O) groups is 1. The number of aromatic nitrogens is 2. The fourth-order valence-corrected chi connectivity index (χ4v) is 3.57. The van der Waals surface area contributed by atoms with E-state index >= 15 is 0 Å². The van der Waals surface area contributed by atoms with Gasteiger partial charge in [0.15, 0.2) is 17.6 Å². The van der Waals surface area contributed by atoms with Crippen molar-refractivity contribution in [3.63, 3.8) is 0 Å². The quantitative estimate of drug-likeness (QED) is 0.641. The number of benzene rings is 1. The predicted molar refractivity (Wildman–Crippen MR) is 114 cm³/mol. The molecule has 31 heavy (non-hydrogen) atoms. The number of carbonyl (C=O) groups excluding carboxylic acids is 1. The van der Waals surface area contributed by atoms with Crippen LogP contribution in [0.5, 0.6) is 23.1 Å². The minimum absolute atomic E-state index is 0.195. The van der Waals surface area contributed by atoms with Crippen LogP contribution in [0.3, 0.4) is 0 Å². The molecule has 0 radical (unpaired) electrons. The number of fused-ring (bicyclic) bond motifs is 1. The molecule has 1 fully saturated rings. The first kappa shape index (κ1) is 21.0. The van der Waals surface area contributed by atoms with E-state index in [1.54, 1.807) is 25.1 Å². The highest BCUT2D eigenvalue weighted by Crippen LogP contribution is 2.35. The maximum absolute atomic E-state index is 12.3. The van der Waals surface area contributed by atoms with Crippen molar-refractivity contribution in [3.8, 4) is 23.1 Å². The Balaban J connectivity index is 1.23. The molecule has 9 nitrogen and oxygen atoms in total. The summed E-state index contributed by atoms with van der Waals surface area (Å²) < 4.78 is 22.1. The summed E-state index contributed by atoms with van der Waals surface area (Å²) in [6.07, 6.45) is 2.96. The number of ether oxygens (including phenoxy) is 4. The predicted octanol–water partition coefficient (Wildman–Crippen LogP) is 2.47. The van der Waals surface area contributed by atoms with Crippen LogP contribution in [0.2, 0.25) is 0 Å². The summed E-state index contributed by atoms with van der Waals surface area (Å²) in [4.78, 5) is 23.5. The third kappa shape index (κ3) is 5.48. The molecule has 2 aromatic rings. The number of amides is 1. The minimum Gasteiger partial charge on any atom is -0.481 e. The lowest BCUT2D eigenvalue weighted by Gasteiger charge is -2.28. The van der Waals surface area contributed by atoms with Crippen LogP contribution in [-0.4, -0.2) is 55.0 Å². The van der Waals surface area contributed by atoms with Gasteiger partial charge in [-0.1, -0.05) is 0 Å². The topological polar surface area (TPSA) is 95.0 Å². The number of hydrogen-bond donors (Lipinski definition) is 1. The van der Waals surface area contributed by atoms with E-state index in [0.29, 0.717) is 42.1 Å². The second kappa shape index (κ2) is 9.72. The molecule has 0 spiro atoms. The average molecular weight is 428 g/mol. The third-order valence-electron chi connectivity index (χ3n) is 5.16. The second-order valence-electron chi connectivity index (χ2n) is 7.57. The zero-order valence-electron chi connectivity index (χ0n) is 17.9. The Hall–Kier alpha value is -3.23. The smallest absolute Gasteiger partial charge is 0.260 e. The molecule has 1 amide bonds. The molecule has 1 aromatic carbocycles. The van der Waals surface area contributed by atoms with Gasteiger partial charge in [-0.05, 0) is 45.2 Å². The van der Waals surface area contributed by atoms with E-state index in [1.165, 1.54) is 19.3 Å². The van der Waals surface area contributed by atoms with Crippen LogP contribution in [0.4, 0.5) is 5.82 Å². The first-order valence-electron chi connectivity index (χ1n) is 10.7. The van der Waals surface area contributed by atoms with Gasteiger partial charge >= 0.3 is 0 Å². The van der Waals surface area contributed by atoms with Gasteiger partial charge in [-0.25, -0.2) is 4.98 Å². The monoisotopic (exact) mass is 428 g/mol. The Morgan fingerprint density at radius 3 is 2.81 bits per heavy atom. The van der Waals surface area contributed by atoms with Crippen LogP contribution >= 0.6 is 0 Å². The summed E-state index contributed by atoms with van der Waals surface area (Å²) in [6, 6.07) is 7.09. The molecule has 0 bridgehead atoms. The van der Waals surface area contributed by atoms with E-state index in [2.05, 4.69) is 20.2 Å². The van der Waals surface area contributed by atoms with Crippen LogP contribution in [-0.2, 0) is 4.79 Å². The largest absolute Gasteiger partial charge is 0.481 e. The molecule has 0 saturated carbocycles. The van der Waals surface area contributed by atoms with Crippen molar-refractivity contribution in [1.29, 1.82) is 0 Å². The summed E-state index contributed by atoms with van der Waals surface area (Å²) in [5.74, 6) is 3.70. The Bertz CT molecular complexity index is 917. The molecular formula is C22H28N4O5. The van der Waals surface area contributed by atoms with E-state index in [1.807, 2.05) is 13.0 Å². The van der Waals surface area contributed by atoms with Crippen molar-refractivity contribution in [3.05, 3.63) is 30.1 Å². The first-order valence-corrected chi connectivity index (χ1v) is 10.7. The Kier molecular flexibility index (Phi) is 6.59. The highest BCUT2D eigenvalue weighted by Gasteiger charge is 2.18. The van der Waals surface area contributed by atoms with Gasteiger partial charge in [0.2, 0.25) is 12.7 Å². The van der Waals surface area contributed by atoms with Gasteiger partial charge in [0.1, 0.15) is 24.0 Å². The van der Waals surface area contributed by atoms with E-state index in [-0.39, 0.29) is 12.7 Å². The lowest BCUT2D eigenvalue weighted by molar-refractivity contribution is -0.127. The molecule has 1 unspecified atom stereocenters. The highest BCUT2D eigenvalue weighted by molar-refractivity contribution is 5.80. The number of anilines is 1. The maximum atomic E-state index is 12.3. The van der Waals surface area contributed by atoms with Gasteiger partial charge in [0.25, 0.3) is 5.91 Å². The number of nitrogens with zero attached hydrogens (tertiary/aromatic N) is 3. The Labute approximate surface area is 181 Å². The SMILES string of the molecule is Cc1nc(OCCNC(=O)C(C)Oc2ccc3c(c2)OCO3)cc(N2CCCCC2)n1. The first-order chi connectivity index (χ1) is 15.1. The number of nitrogens with one attached hydrogen (secondary N) is 1. The van der Waals surface area contributed by atoms with Gasteiger partial charge in [-0.15, -0.1) is 0 Å². The fourth-order valence-electron chi connectivity index (χ4n) is 3.57. The Morgan fingerprint density at radius 2 is 1.97 bits per heavy atom. The van der Waals surface area contributed by atoms with Crippen molar-refractivity contribution in [1.82, 2.24) is 15.3 Å². The maximum Gasteiger partial charge on any atom is 0.260 e. The molecule has 1 atom stereocenters. The van der Waals surface area contributed by atoms with E-state index in [9.17, 15) is 4.79 Å². The number of aryl methyl sites for hydroxylation is 1. The van der Waals surface area contributed by atoms with E-state index in [4.69, 9.17) is 18.9 Å². The molecule has 1 aromatic heterocycles. The fraction of sp³-hybridized carbons (Fsp3) is 0.500. The summed E-state index contributed by atoms with van der Waals surface area (Å²) >= 11 is 0. The van der Waals surface area contributed by atoms with Crippen LogP contribution < -0.4 is 29.2 Å². The number of hydrogen-bond acceptors (Lipinski definition) is 8. The van der Waals surface area contributed by atoms with Crippen LogP contribution in [0.15, 0.2) is 24.3 Å². The molecule has 0 aliphatic carbocycles. The zero-order valence-corrected chi connectivity index (χ0v) is 17.9. The van der Waals surface area contributed by atoms with Crippen molar-refractivity contribution in [2.24, 2.45) is 0 Å². The van der Waals surface area contributed by atoms with Crippen molar-refractivity contribution in [2.45, 2.75) is 39.2 Å².